The van der Waals surface area contributed by atoms with Crippen molar-refractivity contribution in [2.45, 2.75) is 18.9 Å². The molecule has 1 rings (SSSR count). The Morgan fingerprint density at radius 2 is 2.27 bits per heavy atom. The fourth-order valence-corrected chi connectivity index (χ4v) is 1.81. The second-order valence-corrected chi connectivity index (χ2v) is 3.98. The fraction of sp³-hybridized carbons (Fsp3) is 0.727. The monoisotopic (exact) mass is 212 g/mol. The molecule has 0 aliphatic carbocycles. The number of carbonyl (C=O) groups is 1. The van der Waals surface area contributed by atoms with Crippen LogP contribution in [0.1, 0.15) is 12.8 Å². The molecule has 0 saturated carbocycles. The Balaban J connectivity index is 2.46. The van der Waals surface area contributed by atoms with Crippen molar-refractivity contribution in [2.75, 3.05) is 26.8 Å². The first-order chi connectivity index (χ1) is 7.16. The summed E-state index contributed by atoms with van der Waals surface area (Å²) in [5, 5.41) is 0. The van der Waals surface area contributed by atoms with Gasteiger partial charge < -0.3 is 15.4 Å². The highest BCUT2D eigenvalue weighted by molar-refractivity contribution is 5.81. The molecule has 1 heterocycles. The molecule has 1 unspecified atom stereocenters. The number of likely N-dealkylation sites (N-methyl/N-ethyl adjacent to an activating group) is 1. The largest absolute Gasteiger partial charge is 0.381 e. The summed E-state index contributed by atoms with van der Waals surface area (Å²) in [6.07, 6.45) is 3.47. The summed E-state index contributed by atoms with van der Waals surface area (Å²) in [6, 6.07) is -0.390. The lowest BCUT2D eigenvalue weighted by atomic mass is 9.91. The van der Waals surface area contributed by atoms with E-state index in [2.05, 4.69) is 6.58 Å². The molecular formula is C11H20N2O2. The summed E-state index contributed by atoms with van der Waals surface area (Å²) < 4.78 is 5.24. The first-order valence-corrected chi connectivity index (χ1v) is 5.36. The molecule has 0 aromatic heterocycles. The standard InChI is InChI=1S/C11H20N2O2/c1-3-6-13(2)11(14)10(12)9-4-7-15-8-5-9/h3,9-10H,1,4-8,12H2,2H3. The third kappa shape index (κ3) is 3.32. The SMILES string of the molecule is C=CCN(C)C(=O)C(N)C1CCOCC1. The number of carbonyl (C=O) groups excluding carboxylic acids is 1. The van der Waals surface area contributed by atoms with Gasteiger partial charge in [-0.3, -0.25) is 4.79 Å². The molecule has 1 atom stereocenters. The van der Waals surface area contributed by atoms with Crippen LogP contribution in [0.5, 0.6) is 0 Å². The Hall–Kier alpha value is -0.870. The van der Waals surface area contributed by atoms with Crippen molar-refractivity contribution in [1.82, 2.24) is 4.90 Å². The van der Waals surface area contributed by atoms with Crippen LogP contribution in [-0.4, -0.2) is 43.7 Å². The number of hydrogen-bond donors (Lipinski definition) is 1. The van der Waals surface area contributed by atoms with Gasteiger partial charge in [-0.25, -0.2) is 0 Å². The summed E-state index contributed by atoms with van der Waals surface area (Å²) in [5.74, 6) is 0.264. The van der Waals surface area contributed by atoms with Crippen LogP contribution in [0.4, 0.5) is 0 Å². The molecule has 1 aliphatic rings. The van der Waals surface area contributed by atoms with Gasteiger partial charge in [0.15, 0.2) is 0 Å². The van der Waals surface area contributed by atoms with E-state index in [4.69, 9.17) is 10.5 Å². The number of amides is 1. The molecule has 0 aromatic carbocycles. The van der Waals surface area contributed by atoms with Gasteiger partial charge in [-0.2, -0.15) is 0 Å². The molecule has 1 fully saturated rings. The topological polar surface area (TPSA) is 55.6 Å². The molecule has 1 aliphatic heterocycles. The van der Waals surface area contributed by atoms with Gasteiger partial charge in [0, 0.05) is 26.8 Å². The van der Waals surface area contributed by atoms with E-state index >= 15 is 0 Å². The lowest BCUT2D eigenvalue weighted by Crippen LogP contribution is -2.47. The van der Waals surface area contributed by atoms with E-state index in [1.54, 1.807) is 18.0 Å². The van der Waals surface area contributed by atoms with Crippen LogP contribution in [0.15, 0.2) is 12.7 Å². The van der Waals surface area contributed by atoms with Crippen LogP contribution < -0.4 is 5.73 Å². The average Bonchev–Trinajstić information content (AvgIpc) is 2.28. The molecule has 4 nitrogen and oxygen atoms in total. The van der Waals surface area contributed by atoms with E-state index in [0.29, 0.717) is 6.54 Å². The molecule has 0 radical (unpaired) electrons. The molecule has 0 aromatic rings. The second kappa shape index (κ2) is 5.88. The number of rotatable bonds is 4. The Morgan fingerprint density at radius 3 is 2.80 bits per heavy atom. The Kier molecular flexibility index (Phi) is 4.78. The molecule has 0 spiro atoms. The van der Waals surface area contributed by atoms with E-state index in [9.17, 15) is 4.79 Å². The number of hydrogen-bond acceptors (Lipinski definition) is 3. The highest BCUT2D eigenvalue weighted by Gasteiger charge is 2.28. The van der Waals surface area contributed by atoms with E-state index in [1.165, 1.54) is 0 Å². The molecule has 1 amide bonds. The minimum atomic E-state index is -0.390. The van der Waals surface area contributed by atoms with Gasteiger partial charge in [-0.05, 0) is 18.8 Å². The summed E-state index contributed by atoms with van der Waals surface area (Å²) in [4.78, 5) is 13.5. The minimum absolute atomic E-state index is 0.00167. The predicted molar refractivity (Wildman–Crippen MR) is 59.4 cm³/mol. The maximum atomic E-state index is 11.8. The van der Waals surface area contributed by atoms with Crippen molar-refractivity contribution in [3.05, 3.63) is 12.7 Å². The highest BCUT2D eigenvalue weighted by atomic mass is 16.5. The van der Waals surface area contributed by atoms with Gasteiger partial charge in [0.2, 0.25) is 5.91 Å². The van der Waals surface area contributed by atoms with Crippen LogP contribution in [0.3, 0.4) is 0 Å². The quantitative estimate of drug-likeness (QED) is 0.686. The van der Waals surface area contributed by atoms with Crippen LogP contribution in [0.2, 0.25) is 0 Å². The van der Waals surface area contributed by atoms with Gasteiger partial charge >= 0.3 is 0 Å². The molecule has 86 valence electrons. The van der Waals surface area contributed by atoms with Crippen molar-refractivity contribution in [3.63, 3.8) is 0 Å². The molecule has 4 heteroatoms. The van der Waals surface area contributed by atoms with Crippen molar-refractivity contribution >= 4 is 5.91 Å². The Bertz CT molecular complexity index is 225. The maximum Gasteiger partial charge on any atom is 0.239 e. The lowest BCUT2D eigenvalue weighted by molar-refractivity contribution is -0.132. The van der Waals surface area contributed by atoms with E-state index in [0.717, 1.165) is 26.1 Å². The number of nitrogens with two attached hydrogens (primary N) is 1. The molecular weight excluding hydrogens is 192 g/mol. The summed E-state index contributed by atoms with van der Waals surface area (Å²) in [5.41, 5.74) is 5.94. The van der Waals surface area contributed by atoms with Crippen LogP contribution >= 0.6 is 0 Å². The third-order valence-corrected chi connectivity index (χ3v) is 2.84. The summed E-state index contributed by atoms with van der Waals surface area (Å²) in [6.45, 7) is 5.59. The number of ether oxygens (including phenoxy) is 1. The first-order valence-electron chi connectivity index (χ1n) is 5.36. The van der Waals surface area contributed by atoms with Gasteiger partial charge in [0.05, 0.1) is 6.04 Å². The van der Waals surface area contributed by atoms with Crippen molar-refractivity contribution in [1.29, 1.82) is 0 Å². The van der Waals surface area contributed by atoms with E-state index in [1.807, 2.05) is 0 Å². The first kappa shape index (κ1) is 12.2. The van der Waals surface area contributed by atoms with Gasteiger partial charge in [0.25, 0.3) is 0 Å². The van der Waals surface area contributed by atoms with Gasteiger partial charge in [-0.15, -0.1) is 6.58 Å². The zero-order valence-corrected chi connectivity index (χ0v) is 9.32. The van der Waals surface area contributed by atoms with Crippen LogP contribution in [-0.2, 0) is 9.53 Å². The van der Waals surface area contributed by atoms with Crippen molar-refractivity contribution in [2.24, 2.45) is 11.7 Å². The fourth-order valence-electron chi connectivity index (χ4n) is 1.81. The highest BCUT2D eigenvalue weighted by Crippen LogP contribution is 2.18. The Morgan fingerprint density at radius 1 is 1.67 bits per heavy atom. The Labute approximate surface area is 91.1 Å². The van der Waals surface area contributed by atoms with Crippen molar-refractivity contribution in [3.8, 4) is 0 Å². The predicted octanol–water partition coefficient (Wildman–Crippen LogP) is 0.385. The smallest absolute Gasteiger partial charge is 0.239 e. The maximum absolute atomic E-state index is 11.8. The normalized spacial score (nSPS) is 19.6. The summed E-state index contributed by atoms with van der Waals surface area (Å²) in [7, 11) is 1.75. The molecule has 2 N–H and O–H groups in total. The summed E-state index contributed by atoms with van der Waals surface area (Å²) >= 11 is 0. The minimum Gasteiger partial charge on any atom is -0.381 e. The molecule has 1 saturated heterocycles. The van der Waals surface area contributed by atoms with Gasteiger partial charge in [0.1, 0.15) is 0 Å². The average molecular weight is 212 g/mol. The van der Waals surface area contributed by atoms with Gasteiger partial charge in [-0.1, -0.05) is 6.08 Å². The van der Waals surface area contributed by atoms with Crippen LogP contribution in [0, 0.1) is 5.92 Å². The van der Waals surface area contributed by atoms with E-state index in [-0.39, 0.29) is 17.9 Å². The zero-order valence-electron chi connectivity index (χ0n) is 9.32. The third-order valence-electron chi connectivity index (χ3n) is 2.84. The second-order valence-electron chi connectivity index (χ2n) is 3.98. The van der Waals surface area contributed by atoms with Crippen LogP contribution in [0.25, 0.3) is 0 Å². The van der Waals surface area contributed by atoms with Crippen molar-refractivity contribution < 1.29 is 9.53 Å². The lowest BCUT2D eigenvalue weighted by Gasteiger charge is -2.29. The zero-order chi connectivity index (χ0) is 11.3. The molecule has 15 heavy (non-hydrogen) atoms. The molecule has 0 bridgehead atoms. The van der Waals surface area contributed by atoms with E-state index < -0.39 is 0 Å². The number of nitrogens with zero attached hydrogens (tertiary/aromatic N) is 1.